The summed E-state index contributed by atoms with van der Waals surface area (Å²) < 4.78 is 4.73. The summed E-state index contributed by atoms with van der Waals surface area (Å²) in [5.74, 6) is -0.473. The molecule has 4 heteroatoms. The van der Waals surface area contributed by atoms with Crippen molar-refractivity contribution in [3.63, 3.8) is 0 Å². The number of benzene rings is 3. The number of rotatable bonds is 3. The first-order valence-electron chi connectivity index (χ1n) is 7.72. The molecule has 24 heavy (non-hydrogen) atoms. The molecule has 3 aromatic carbocycles. The Morgan fingerprint density at radius 2 is 1.75 bits per heavy atom. The van der Waals surface area contributed by atoms with Gasteiger partial charge in [0.05, 0.1) is 12.7 Å². The number of aromatic hydroxyl groups is 2. The lowest BCUT2D eigenvalue weighted by Gasteiger charge is -2.16. The molecule has 122 valence electrons. The van der Waals surface area contributed by atoms with Crippen molar-refractivity contribution in [1.29, 1.82) is 0 Å². The molecule has 0 heterocycles. The van der Waals surface area contributed by atoms with Gasteiger partial charge in [0.1, 0.15) is 11.5 Å². The fourth-order valence-electron chi connectivity index (χ4n) is 3.01. The average Bonchev–Trinajstić information content (AvgIpc) is 2.61. The summed E-state index contributed by atoms with van der Waals surface area (Å²) in [7, 11) is 1.30. The lowest BCUT2D eigenvalue weighted by molar-refractivity contribution is 0.0600. The van der Waals surface area contributed by atoms with Crippen molar-refractivity contribution < 1.29 is 19.7 Å². The van der Waals surface area contributed by atoms with Gasteiger partial charge in [-0.3, -0.25) is 0 Å². The summed E-state index contributed by atoms with van der Waals surface area (Å²) in [4.78, 5) is 11.8. The van der Waals surface area contributed by atoms with E-state index in [1.807, 2.05) is 37.3 Å². The van der Waals surface area contributed by atoms with Crippen LogP contribution in [0.3, 0.4) is 0 Å². The maximum Gasteiger partial charge on any atom is 0.337 e. The molecule has 0 aliphatic carbocycles. The summed E-state index contributed by atoms with van der Waals surface area (Å²) in [5, 5.41) is 22.8. The Morgan fingerprint density at radius 3 is 2.46 bits per heavy atom. The first kappa shape index (κ1) is 15.9. The van der Waals surface area contributed by atoms with Crippen molar-refractivity contribution in [2.45, 2.75) is 13.3 Å². The third kappa shape index (κ3) is 2.56. The molecule has 3 aromatic rings. The van der Waals surface area contributed by atoms with E-state index in [9.17, 15) is 15.0 Å². The number of carbonyl (C=O) groups excluding carboxylic acids is 1. The van der Waals surface area contributed by atoms with Gasteiger partial charge in [0.15, 0.2) is 0 Å². The van der Waals surface area contributed by atoms with Crippen LogP contribution in [0.5, 0.6) is 11.5 Å². The van der Waals surface area contributed by atoms with Crippen molar-refractivity contribution in [2.24, 2.45) is 0 Å². The second-order valence-corrected chi connectivity index (χ2v) is 5.56. The van der Waals surface area contributed by atoms with E-state index in [1.165, 1.54) is 13.2 Å². The largest absolute Gasteiger partial charge is 0.507 e. The Morgan fingerprint density at radius 1 is 1.00 bits per heavy atom. The van der Waals surface area contributed by atoms with Gasteiger partial charge in [-0.2, -0.15) is 0 Å². The maximum atomic E-state index is 11.8. The van der Waals surface area contributed by atoms with Gasteiger partial charge in [-0.15, -0.1) is 0 Å². The number of hydrogen-bond donors (Lipinski definition) is 2. The van der Waals surface area contributed by atoms with Gasteiger partial charge in [0.2, 0.25) is 0 Å². The number of ether oxygens (including phenoxy) is 1. The minimum absolute atomic E-state index is 0.0543. The normalized spacial score (nSPS) is 10.8. The zero-order valence-electron chi connectivity index (χ0n) is 13.5. The first-order valence-corrected chi connectivity index (χ1v) is 7.72. The maximum absolute atomic E-state index is 11.8. The number of esters is 1. The van der Waals surface area contributed by atoms with Crippen LogP contribution in [0.15, 0.2) is 48.5 Å². The second kappa shape index (κ2) is 6.24. The molecular weight excluding hydrogens is 304 g/mol. The Bertz CT molecular complexity index is 928. The first-order chi connectivity index (χ1) is 11.6. The van der Waals surface area contributed by atoms with Crippen LogP contribution in [0.25, 0.3) is 21.9 Å². The molecule has 0 bridgehead atoms. The van der Waals surface area contributed by atoms with Gasteiger partial charge in [0, 0.05) is 11.1 Å². The topological polar surface area (TPSA) is 66.8 Å². The molecule has 4 nitrogen and oxygen atoms in total. The molecule has 0 aliphatic heterocycles. The number of aryl methyl sites for hydroxylation is 1. The van der Waals surface area contributed by atoms with Crippen molar-refractivity contribution in [3.05, 3.63) is 59.7 Å². The van der Waals surface area contributed by atoms with Crippen molar-refractivity contribution >= 4 is 16.7 Å². The minimum Gasteiger partial charge on any atom is -0.507 e. The number of carbonyl (C=O) groups is 1. The van der Waals surface area contributed by atoms with Gasteiger partial charge in [0.25, 0.3) is 0 Å². The summed E-state index contributed by atoms with van der Waals surface area (Å²) in [6.45, 7) is 1.93. The Kier molecular flexibility index (Phi) is 4.13. The summed E-state index contributed by atoms with van der Waals surface area (Å²) in [6, 6.07) is 14.2. The van der Waals surface area contributed by atoms with E-state index in [2.05, 4.69) is 0 Å². The fourth-order valence-corrected chi connectivity index (χ4v) is 3.01. The highest BCUT2D eigenvalue weighted by atomic mass is 16.5. The molecular formula is C20H18O4. The molecule has 0 aromatic heterocycles. The molecule has 3 rings (SSSR count). The van der Waals surface area contributed by atoms with Gasteiger partial charge in [-0.25, -0.2) is 4.79 Å². The summed E-state index contributed by atoms with van der Waals surface area (Å²) >= 11 is 0. The third-order valence-corrected chi connectivity index (χ3v) is 4.16. The van der Waals surface area contributed by atoms with E-state index in [0.29, 0.717) is 17.5 Å². The monoisotopic (exact) mass is 322 g/mol. The van der Waals surface area contributed by atoms with E-state index in [1.54, 1.807) is 12.1 Å². The average molecular weight is 322 g/mol. The minimum atomic E-state index is -0.506. The van der Waals surface area contributed by atoms with Crippen LogP contribution in [0.1, 0.15) is 22.8 Å². The summed E-state index contributed by atoms with van der Waals surface area (Å²) in [6.07, 6.45) is 0.594. The van der Waals surface area contributed by atoms with Gasteiger partial charge >= 0.3 is 5.97 Å². The number of phenolic OH excluding ortho intramolecular Hbond substituents is 2. The van der Waals surface area contributed by atoms with Crippen LogP contribution in [-0.4, -0.2) is 23.3 Å². The molecule has 0 atom stereocenters. The molecule has 0 saturated heterocycles. The predicted octanol–water partition coefficient (Wildman–Crippen LogP) is 4.27. The van der Waals surface area contributed by atoms with Crippen molar-refractivity contribution in [1.82, 2.24) is 0 Å². The van der Waals surface area contributed by atoms with Crippen LogP contribution in [0.4, 0.5) is 0 Å². The van der Waals surface area contributed by atoms with Crippen LogP contribution in [0, 0.1) is 0 Å². The quantitative estimate of drug-likeness (QED) is 0.707. The lowest BCUT2D eigenvalue weighted by atomic mass is 9.90. The number of fused-ring (bicyclic) bond motifs is 1. The van der Waals surface area contributed by atoms with Gasteiger partial charge < -0.3 is 14.9 Å². The van der Waals surface area contributed by atoms with E-state index in [0.717, 1.165) is 16.3 Å². The Labute approximate surface area is 139 Å². The molecule has 0 amide bonds. The standard InChI is InChI=1S/C20H18O4/c1-3-12-10-14(20(23)24-2)11-17(22)18(12)19-15-7-5-4-6-13(15)8-9-16(19)21/h4-11,21-22H,3H2,1-2H3. The van der Waals surface area contributed by atoms with Crippen molar-refractivity contribution in [2.75, 3.05) is 7.11 Å². The summed E-state index contributed by atoms with van der Waals surface area (Å²) in [5.41, 5.74) is 2.16. The van der Waals surface area contributed by atoms with Gasteiger partial charge in [-0.05, 0) is 41.0 Å². The molecule has 0 aliphatic rings. The van der Waals surface area contributed by atoms with E-state index >= 15 is 0 Å². The fraction of sp³-hybridized carbons (Fsp3) is 0.150. The predicted molar refractivity (Wildman–Crippen MR) is 93.4 cm³/mol. The zero-order valence-corrected chi connectivity index (χ0v) is 13.5. The third-order valence-electron chi connectivity index (χ3n) is 4.16. The second-order valence-electron chi connectivity index (χ2n) is 5.56. The highest BCUT2D eigenvalue weighted by Crippen LogP contribution is 2.43. The molecule has 0 fully saturated rings. The lowest BCUT2D eigenvalue weighted by Crippen LogP contribution is -2.03. The molecule has 0 radical (unpaired) electrons. The van der Waals surface area contributed by atoms with Crippen LogP contribution < -0.4 is 0 Å². The van der Waals surface area contributed by atoms with Crippen molar-refractivity contribution in [3.8, 4) is 22.6 Å². The number of hydrogen-bond acceptors (Lipinski definition) is 4. The van der Waals surface area contributed by atoms with Crippen LogP contribution in [0.2, 0.25) is 0 Å². The zero-order chi connectivity index (χ0) is 17.3. The highest BCUT2D eigenvalue weighted by Gasteiger charge is 2.19. The van der Waals surface area contributed by atoms with Crippen LogP contribution >= 0.6 is 0 Å². The molecule has 0 spiro atoms. The van der Waals surface area contributed by atoms with Crippen LogP contribution in [-0.2, 0) is 11.2 Å². The molecule has 0 saturated carbocycles. The number of phenols is 2. The molecule has 0 unspecified atom stereocenters. The van der Waals surface area contributed by atoms with E-state index in [-0.39, 0.29) is 17.1 Å². The van der Waals surface area contributed by atoms with E-state index < -0.39 is 5.97 Å². The Balaban J connectivity index is 2.35. The molecule has 2 N–H and O–H groups in total. The number of methoxy groups -OCH3 is 1. The van der Waals surface area contributed by atoms with Gasteiger partial charge in [-0.1, -0.05) is 37.3 Å². The van der Waals surface area contributed by atoms with E-state index in [4.69, 9.17) is 4.74 Å². The highest BCUT2D eigenvalue weighted by molar-refractivity contribution is 6.02. The Hall–Kier alpha value is -3.01. The smallest absolute Gasteiger partial charge is 0.337 e. The SMILES string of the molecule is CCc1cc(C(=O)OC)cc(O)c1-c1c(O)ccc2ccccc12.